The molecule has 0 amide bonds. The van der Waals surface area contributed by atoms with Crippen molar-refractivity contribution in [3.8, 4) is 5.75 Å². The molecule has 2 N–H and O–H groups in total. The van der Waals surface area contributed by atoms with E-state index in [0.717, 1.165) is 16.5 Å². The molecule has 2 heterocycles. The van der Waals surface area contributed by atoms with E-state index in [4.69, 9.17) is 11.6 Å². The van der Waals surface area contributed by atoms with Gasteiger partial charge in [0.15, 0.2) is 0 Å². The number of alkyl halides is 2. The number of carboxylic acid groups (broad SMARTS) is 1. The first-order chi connectivity index (χ1) is 14.9. The van der Waals surface area contributed by atoms with Crippen LogP contribution in [0.3, 0.4) is 0 Å². The van der Waals surface area contributed by atoms with E-state index in [9.17, 15) is 18.7 Å². The first-order valence-electron chi connectivity index (χ1n) is 9.17. The van der Waals surface area contributed by atoms with Crippen molar-refractivity contribution in [2.24, 2.45) is 0 Å². The zero-order chi connectivity index (χ0) is 22.0. The van der Waals surface area contributed by atoms with E-state index in [1.807, 2.05) is 35.0 Å². The average Bonchev–Trinajstić information content (AvgIpc) is 3.11. The normalized spacial score (nSPS) is 11.1. The number of carbonyl (C=O) groups is 1. The lowest BCUT2D eigenvalue weighted by Crippen LogP contribution is -2.05. The molecule has 31 heavy (non-hydrogen) atoms. The van der Waals surface area contributed by atoms with E-state index in [0.29, 0.717) is 12.2 Å². The van der Waals surface area contributed by atoms with E-state index in [1.165, 1.54) is 18.3 Å². The fraction of sp³-hybridized carbons (Fsp3) is 0.0909. The molecule has 2 aromatic heterocycles. The monoisotopic (exact) mass is 443 g/mol. The number of hydrogen-bond acceptors (Lipinski definition) is 4. The molecule has 0 aliphatic rings. The molecule has 0 bridgehead atoms. The van der Waals surface area contributed by atoms with Gasteiger partial charge in [-0.1, -0.05) is 23.7 Å². The molecule has 0 saturated carbocycles. The predicted molar refractivity (Wildman–Crippen MR) is 114 cm³/mol. The Morgan fingerprint density at radius 2 is 2.03 bits per heavy atom. The SMILES string of the molecule is O=C(O)c1cc(Cl)cnc1Nc1ccc2c(ccn2Cc2cccc(OC(F)F)c2)c1. The van der Waals surface area contributed by atoms with Crippen molar-refractivity contribution in [1.82, 2.24) is 9.55 Å². The Morgan fingerprint density at radius 1 is 1.19 bits per heavy atom. The smallest absolute Gasteiger partial charge is 0.387 e. The van der Waals surface area contributed by atoms with Crippen LogP contribution in [-0.2, 0) is 6.54 Å². The zero-order valence-corrected chi connectivity index (χ0v) is 16.7. The molecule has 0 saturated heterocycles. The van der Waals surface area contributed by atoms with Crippen LogP contribution in [-0.4, -0.2) is 27.2 Å². The van der Waals surface area contributed by atoms with Gasteiger partial charge < -0.3 is 19.7 Å². The molecule has 0 unspecified atom stereocenters. The number of fused-ring (bicyclic) bond motifs is 1. The molecule has 4 aromatic rings. The largest absolute Gasteiger partial charge is 0.478 e. The second kappa shape index (κ2) is 8.61. The van der Waals surface area contributed by atoms with Gasteiger partial charge in [-0.2, -0.15) is 8.78 Å². The topological polar surface area (TPSA) is 76.4 Å². The van der Waals surface area contributed by atoms with Crippen molar-refractivity contribution in [3.63, 3.8) is 0 Å². The molecule has 2 aromatic carbocycles. The third kappa shape index (κ3) is 4.75. The summed E-state index contributed by atoms with van der Waals surface area (Å²) < 4.78 is 31.3. The molecular weight excluding hydrogens is 428 g/mol. The summed E-state index contributed by atoms with van der Waals surface area (Å²) in [5, 5.41) is 13.5. The first-order valence-corrected chi connectivity index (χ1v) is 9.55. The second-order valence-electron chi connectivity index (χ2n) is 6.72. The van der Waals surface area contributed by atoms with Crippen molar-refractivity contribution in [1.29, 1.82) is 0 Å². The maximum Gasteiger partial charge on any atom is 0.387 e. The number of anilines is 2. The lowest BCUT2D eigenvalue weighted by Gasteiger charge is -2.11. The molecule has 0 aliphatic heterocycles. The number of aromatic carboxylic acids is 1. The van der Waals surface area contributed by atoms with Gasteiger partial charge in [-0.15, -0.1) is 0 Å². The molecule has 158 valence electrons. The minimum atomic E-state index is -2.87. The summed E-state index contributed by atoms with van der Waals surface area (Å²) in [6.45, 7) is -2.40. The summed E-state index contributed by atoms with van der Waals surface area (Å²) >= 11 is 5.84. The van der Waals surface area contributed by atoms with Crippen LogP contribution in [0.25, 0.3) is 10.9 Å². The highest BCUT2D eigenvalue weighted by Gasteiger charge is 2.13. The summed E-state index contributed by atoms with van der Waals surface area (Å²) in [6, 6.07) is 15.4. The number of benzene rings is 2. The molecule has 0 aliphatic carbocycles. The summed E-state index contributed by atoms with van der Waals surface area (Å²) in [6.07, 6.45) is 3.26. The van der Waals surface area contributed by atoms with Crippen LogP contribution < -0.4 is 10.1 Å². The van der Waals surface area contributed by atoms with Gasteiger partial charge in [0.1, 0.15) is 17.1 Å². The lowest BCUT2D eigenvalue weighted by molar-refractivity contribution is -0.0498. The Balaban J connectivity index is 1.57. The van der Waals surface area contributed by atoms with Gasteiger partial charge in [0, 0.05) is 35.5 Å². The maximum atomic E-state index is 12.4. The van der Waals surface area contributed by atoms with Crippen molar-refractivity contribution < 1.29 is 23.4 Å². The number of carboxylic acids is 1. The highest BCUT2D eigenvalue weighted by molar-refractivity contribution is 6.30. The Kier molecular flexibility index (Phi) is 5.73. The van der Waals surface area contributed by atoms with Crippen LogP contribution in [0.2, 0.25) is 5.02 Å². The molecule has 6 nitrogen and oxygen atoms in total. The summed E-state index contributed by atoms with van der Waals surface area (Å²) in [7, 11) is 0. The number of pyridine rings is 1. The van der Waals surface area contributed by atoms with Gasteiger partial charge in [-0.05, 0) is 48.0 Å². The highest BCUT2D eigenvalue weighted by Crippen LogP contribution is 2.26. The predicted octanol–water partition coefficient (Wildman–Crippen LogP) is 5.78. The Bertz CT molecular complexity index is 1260. The standard InChI is InChI=1S/C22H16ClF2N3O3/c23-15-10-18(21(29)30)20(26-11-15)27-16-4-5-19-14(9-16)6-7-28(19)12-13-2-1-3-17(8-13)31-22(24)25/h1-11,22H,12H2,(H,26,27)(H,29,30). The quantitative estimate of drug-likeness (QED) is 0.378. The molecule has 9 heteroatoms. The number of nitrogens with one attached hydrogen (secondary N) is 1. The van der Waals surface area contributed by atoms with Crippen LogP contribution >= 0.6 is 11.6 Å². The van der Waals surface area contributed by atoms with Crippen molar-refractivity contribution >= 4 is 40.0 Å². The number of aromatic nitrogens is 2. The summed E-state index contributed by atoms with van der Waals surface area (Å²) in [5.74, 6) is -0.838. The van der Waals surface area contributed by atoms with Crippen LogP contribution in [0.1, 0.15) is 15.9 Å². The van der Waals surface area contributed by atoms with E-state index < -0.39 is 12.6 Å². The van der Waals surface area contributed by atoms with Crippen molar-refractivity contribution in [2.75, 3.05) is 5.32 Å². The third-order valence-corrected chi connectivity index (χ3v) is 4.80. The van der Waals surface area contributed by atoms with E-state index in [-0.39, 0.29) is 22.2 Å². The molecule has 0 spiro atoms. The molecule has 0 fully saturated rings. The van der Waals surface area contributed by atoms with Crippen LogP contribution in [0.4, 0.5) is 20.3 Å². The van der Waals surface area contributed by atoms with Gasteiger partial charge in [0.2, 0.25) is 0 Å². The molecule has 0 atom stereocenters. The number of hydrogen-bond donors (Lipinski definition) is 2. The number of nitrogens with zero attached hydrogens (tertiary/aromatic N) is 2. The molecule has 0 radical (unpaired) electrons. The minimum absolute atomic E-state index is 0.0314. The van der Waals surface area contributed by atoms with E-state index >= 15 is 0 Å². The van der Waals surface area contributed by atoms with Crippen LogP contribution in [0.15, 0.2) is 67.0 Å². The molecular formula is C22H16ClF2N3O3. The summed E-state index contributed by atoms with van der Waals surface area (Å²) in [5.41, 5.74) is 2.37. The highest BCUT2D eigenvalue weighted by atomic mass is 35.5. The maximum absolute atomic E-state index is 12.4. The molecule has 4 rings (SSSR count). The Labute approximate surface area is 180 Å². The van der Waals surface area contributed by atoms with Crippen LogP contribution in [0, 0.1) is 0 Å². The van der Waals surface area contributed by atoms with Gasteiger partial charge in [0.05, 0.1) is 5.02 Å². The van der Waals surface area contributed by atoms with Crippen LogP contribution in [0.5, 0.6) is 5.75 Å². The fourth-order valence-electron chi connectivity index (χ4n) is 3.27. The second-order valence-corrected chi connectivity index (χ2v) is 7.16. The van der Waals surface area contributed by atoms with Gasteiger partial charge in [-0.25, -0.2) is 9.78 Å². The Morgan fingerprint density at radius 3 is 2.81 bits per heavy atom. The number of halogens is 3. The summed E-state index contributed by atoms with van der Waals surface area (Å²) in [4.78, 5) is 15.5. The fourth-order valence-corrected chi connectivity index (χ4v) is 3.43. The number of ether oxygens (including phenoxy) is 1. The zero-order valence-electron chi connectivity index (χ0n) is 15.9. The number of rotatable bonds is 7. The minimum Gasteiger partial charge on any atom is -0.478 e. The van der Waals surface area contributed by atoms with E-state index in [1.54, 1.807) is 18.2 Å². The van der Waals surface area contributed by atoms with Crippen molar-refractivity contribution in [2.45, 2.75) is 13.2 Å². The average molecular weight is 444 g/mol. The third-order valence-electron chi connectivity index (χ3n) is 4.60. The van der Waals surface area contributed by atoms with Gasteiger partial charge in [0.25, 0.3) is 0 Å². The lowest BCUT2D eigenvalue weighted by atomic mass is 10.2. The van der Waals surface area contributed by atoms with E-state index in [2.05, 4.69) is 15.0 Å². The van der Waals surface area contributed by atoms with Gasteiger partial charge >= 0.3 is 12.6 Å². The van der Waals surface area contributed by atoms with Crippen molar-refractivity contribution in [3.05, 3.63) is 83.1 Å². The van der Waals surface area contributed by atoms with Gasteiger partial charge in [-0.3, -0.25) is 0 Å². The Hall–Kier alpha value is -3.65. The first kappa shape index (κ1) is 20.6.